The highest BCUT2D eigenvalue weighted by Gasteiger charge is 2.38. The van der Waals surface area contributed by atoms with Crippen molar-refractivity contribution in [3.63, 3.8) is 0 Å². The summed E-state index contributed by atoms with van der Waals surface area (Å²) in [6.07, 6.45) is 0. The number of carbonyl (C=O) groups excluding carboxylic acids is 1. The fourth-order valence-electron chi connectivity index (χ4n) is 1.75. The molecule has 0 atom stereocenters. The Morgan fingerprint density at radius 3 is 2.60 bits per heavy atom. The van der Waals surface area contributed by atoms with Crippen LogP contribution in [0.5, 0.6) is 0 Å². The van der Waals surface area contributed by atoms with Crippen LogP contribution in [0.4, 0.5) is 5.69 Å². The lowest BCUT2D eigenvalue weighted by Crippen LogP contribution is -2.32. The summed E-state index contributed by atoms with van der Waals surface area (Å²) >= 11 is 0. The van der Waals surface area contributed by atoms with Crippen LogP contribution >= 0.6 is 0 Å². The third-order valence-electron chi connectivity index (χ3n) is 2.83. The molecular formula is C10H12BNO3. The second-order valence-corrected chi connectivity index (χ2v) is 4.26. The van der Waals surface area contributed by atoms with Gasteiger partial charge in [-0.05, 0) is 30.9 Å². The Morgan fingerprint density at radius 1 is 1.33 bits per heavy atom. The van der Waals surface area contributed by atoms with Crippen molar-refractivity contribution < 1.29 is 14.8 Å². The van der Waals surface area contributed by atoms with E-state index in [0.717, 1.165) is 11.3 Å². The number of hydrogen-bond donors (Lipinski definition) is 3. The fraction of sp³-hybridized carbons (Fsp3) is 0.300. The summed E-state index contributed by atoms with van der Waals surface area (Å²) in [5.74, 6) is -0.0675. The number of hydrogen-bond acceptors (Lipinski definition) is 3. The van der Waals surface area contributed by atoms with Gasteiger partial charge in [-0.2, -0.15) is 0 Å². The van der Waals surface area contributed by atoms with Crippen molar-refractivity contribution >= 4 is 24.2 Å². The van der Waals surface area contributed by atoms with Crippen molar-refractivity contribution in [2.24, 2.45) is 0 Å². The summed E-state index contributed by atoms with van der Waals surface area (Å²) in [4.78, 5) is 11.6. The van der Waals surface area contributed by atoms with Gasteiger partial charge in [0.25, 0.3) is 0 Å². The van der Waals surface area contributed by atoms with E-state index >= 15 is 0 Å². The van der Waals surface area contributed by atoms with Gasteiger partial charge in [-0.3, -0.25) is 4.79 Å². The van der Waals surface area contributed by atoms with Gasteiger partial charge in [-0.1, -0.05) is 12.1 Å². The maximum absolute atomic E-state index is 11.6. The molecule has 0 saturated heterocycles. The summed E-state index contributed by atoms with van der Waals surface area (Å²) in [5, 5.41) is 20.8. The van der Waals surface area contributed by atoms with Crippen LogP contribution in [0, 0.1) is 0 Å². The van der Waals surface area contributed by atoms with Crippen molar-refractivity contribution in [1.82, 2.24) is 0 Å². The first-order valence-electron chi connectivity index (χ1n) is 4.75. The highest BCUT2D eigenvalue weighted by atomic mass is 16.4. The normalized spacial score (nSPS) is 17.2. The molecule has 1 heterocycles. The molecule has 1 aliphatic heterocycles. The minimum atomic E-state index is -1.50. The van der Waals surface area contributed by atoms with Gasteiger partial charge in [0.15, 0.2) is 0 Å². The Balaban J connectivity index is 2.55. The van der Waals surface area contributed by atoms with Gasteiger partial charge in [0.05, 0.1) is 5.41 Å². The van der Waals surface area contributed by atoms with E-state index in [0.29, 0.717) is 5.46 Å². The number of carbonyl (C=O) groups is 1. The van der Waals surface area contributed by atoms with Crippen LogP contribution < -0.4 is 10.8 Å². The van der Waals surface area contributed by atoms with Crippen LogP contribution in [0.25, 0.3) is 0 Å². The summed E-state index contributed by atoms with van der Waals surface area (Å²) in [6, 6.07) is 4.93. The predicted octanol–water partition coefficient (Wildman–Crippen LogP) is -0.404. The molecule has 2 rings (SSSR count). The predicted molar refractivity (Wildman–Crippen MR) is 57.9 cm³/mol. The van der Waals surface area contributed by atoms with E-state index in [9.17, 15) is 4.79 Å². The Hall–Kier alpha value is -1.33. The van der Waals surface area contributed by atoms with Crippen LogP contribution in [0.2, 0.25) is 0 Å². The molecular weight excluding hydrogens is 193 g/mol. The zero-order valence-electron chi connectivity index (χ0n) is 8.61. The van der Waals surface area contributed by atoms with Crippen LogP contribution in [-0.2, 0) is 10.2 Å². The molecule has 5 heteroatoms. The first kappa shape index (κ1) is 10.2. The topological polar surface area (TPSA) is 69.6 Å². The molecule has 1 aromatic carbocycles. The third-order valence-corrected chi connectivity index (χ3v) is 2.83. The molecule has 78 valence electrons. The number of benzene rings is 1. The maximum Gasteiger partial charge on any atom is 0.488 e. The molecule has 0 radical (unpaired) electrons. The Kier molecular flexibility index (Phi) is 2.10. The number of amides is 1. The van der Waals surface area contributed by atoms with Gasteiger partial charge in [0.2, 0.25) is 5.91 Å². The maximum atomic E-state index is 11.6. The monoisotopic (exact) mass is 205 g/mol. The lowest BCUT2D eigenvalue weighted by atomic mass is 9.76. The van der Waals surface area contributed by atoms with Gasteiger partial charge in [0.1, 0.15) is 0 Å². The molecule has 1 amide bonds. The van der Waals surface area contributed by atoms with Crippen molar-refractivity contribution in [2.45, 2.75) is 19.3 Å². The van der Waals surface area contributed by atoms with E-state index < -0.39 is 12.5 Å². The SMILES string of the molecule is CC1(C)C(=O)Nc2ccc(B(O)O)cc21. The zero-order chi connectivity index (χ0) is 11.2. The molecule has 0 fully saturated rings. The average molecular weight is 205 g/mol. The minimum absolute atomic E-state index is 0.0675. The zero-order valence-corrected chi connectivity index (χ0v) is 8.61. The molecule has 0 spiro atoms. The molecule has 0 aliphatic carbocycles. The first-order chi connectivity index (χ1) is 6.93. The summed E-state index contributed by atoms with van der Waals surface area (Å²) in [5.41, 5.74) is 1.34. The number of nitrogens with one attached hydrogen (secondary N) is 1. The van der Waals surface area contributed by atoms with Gasteiger partial charge >= 0.3 is 7.12 Å². The highest BCUT2D eigenvalue weighted by Crippen LogP contribution is 2.36. The quantitative estimate of drug-likeness (QED) is 0.546. The molecule has 4 nitrogen and oxygen atoms in total. The standard InChI is InChI=1S/C10H12BNO3/c1-10(2)7-5-6(11(14)15)3-4-8(7)12-9(10)13/h3-5,14-15H,1-2H3,(H,12,13). The summed E-state index contributed by atoms with van der Waals surface area (Å²) < 4.78 is 0. The molecule has 0 aromatic heterocycles. The molecule has 3 N–H and O–H groups in total. The lowest BCUT2D eigenvalue weighted by Gasteiger charge is -2.15. The molecule has 1 aromatic rings. The van der Waals surface area contributed by atoms with Crippen LogP contribution in [0.15, 0.2) is 18.2 Å². The van der Waals surface area contributed by atoms with Crippen molar-refractivity contribution in [2.75, 3.05) is 5.32 Å². The minimum Gasteiger partial charge on any atom is -0.423 e. The Morgan fingerprint density at radius 2 is 2.00 bits per heavy atom. The van der Waals surface area contributed by atoms with Gasteiger partial charge < -0.3 is 15.4 Å². The Labute approximate surface area is 88.1 Å². The van der Waals surface area contributed by atoms with Gasteiger partial charge in [-0.15, -0.1) is 0 Å². The average Bonchev–Trinajstić information content (AvgIpc) is 2.38. The third kappa shape index (κ3) is 1.44. The van der Waals surface area contributed by atoms with Gasteiger partial charge in [0, 0.05) is 5.69 Å². The van der Waals surface area contributed by atoms with E-state index in [1.165, 1.54) is 0 Å². The number of fused-ring (bicyclic) bond motifs is 1. The van der Waals surface area contributed by atoms with E-state index in [4.69, 9.17) is 10.0 Å². The summed E-state index contributed by atoms with van der Waals surface area (Å²) in [7, 11) is -1.50. The van der Waals surface area contributed by atoms with E-state index in [1.807, 2.05) is 13.8 Å². The largest absolute Gasteiger partial charge is 0.488 e. The second-order valence-electron chi connectivity index (χ2n) is 4.26. The second kappa shape index (κ2) is 3.08. The lowest BCUT2D eigenvalue weighted by molar-refractivity contribution is -0.119. The van der Waals surface area contributed by atoms with Crippen LogP contribution in [-0.4, -0.2) is 23.1 Å². The molecule has 0 saturated carbocycles. The van der Waals surface area contributed by atoms with E-state index in [-0.39, 0.29) is 5.91 Å². The number of rotatable bonds is 1. The molecule has 15 heavy (non-hydrogen) atoms. The van der Waals surface area contributed by atoms with E-state index in [1.54, 1.807) is 18.2 Å². The van der Waals surface area contributed by atoms with Crippen LogP contribution in [0.3, 0.4) is 0 Å². The smallest absolute Gasteiger partial charge is 0.423 e. The molecule has 0 unspecified atom stereocenters. The van der Waals surface area contributed by atoms with Crippen molar-refractivity contribution in [1.29, 1.82) is 0 Å². The Bertz CT molecular complexity index is 429. The van der Waals surface area contributed by atoms with Gasteiger partial charge in [-0.25, -0.2) is 0 Å². The van der Waals surface area contributed by atoms with E-state index in [2.05, 4.69) is 5.32 Å². The van der Waals surface area contributed by atoms with Crippen molar-refractivity contribution in [3.05, 3.63) is 23.8 Å². The van der Waals surface area contributed by atoms with Crippen LogP contribution in [0.1, 0.15) is 19.4 Å². The molecule has 0 bridgehead atoms. The summed E-state index contributed by atoms with van der Waals surface area (Å²) in [6.45, 7) is 3.61. The fourth-order valence-corrected chi connectivity index (χ4v) is 1.75. The number of anilines is 1. The first-order valence-corrected chi connectivity index (χ1v) is 4.75. The molecule has 1 aliphatic rings. The van der Waals surface area contributed by atoms with Crippen molar-refractivity contribution in [3.8, 4) is 0 Å². The highest BCUT2D eigenvalue weighted by molar-refractivity contribution is 6.58.